The highest BCUT2D eigenvalue weighted by atomic mass is 32.1. The second-order valence-electron chi connectivity index (χ2n) is 7.95. The number of carbonyl (C=O) groups is 1. The van der Waals surface area contributed by atoms with Crippen molar-refractivity contribution in [2.45, 2.75) is 39.8 Å². The van der Waals surface area contributed by atoms with Crippen LogP contribution in [0.5, 0.6) is 0 Å². The van der Waals surface area contributed by atoms with Crippen molar-refractivity contribution in [3.8, 4) is 0 Å². The molecule has 0 amide bonds. The van der Waals surface area contributed by atoms with E-state index in [0.717, 1.165) is 6.54 Å². The summed E-state index contributed by atoms with van der Waals surface area (Å²) >= 11 is 1.19. The Balaban J connectivity index is 1.75. The number of ether oxygens (including phenoxy) is 2. The maximum absolute atomic E-state index is 12.7. The van der Waals surface area contributed by atoms with Gasteiger partial charge in [0.15, 0.2) is 0 Å². The van der Waals surface area contributed by atoms with Crippen molar-refractivity contribution < 1.29 is 14.3 Å². The number of esters is 1. The Morgan fingerprint density at radius 3 is 2.55 bits per heavy atom. The van der Waals surface area contributed by atoms with Gasteiger partial charge in [-0.3, -0.25) is 9.69 Å². The minimum Gasteiger partial charge on any atom is -0.459 e. The number of thiophene rings is 1. The fourth-order valence-electron chi connectivity index (χ4n) is 3.37. The maximum Gasteiger partial charge on any atom is 0.348 e. The molecule has 7 nitrogen and oxygen atoms in total. The van der Waals surface area contributed by atoms with Crippen LogP contribution in [0.4, 0.5) is 0 Å². The molecule has 0 atom stereocenters. The Labute approximate surface area is 186 Å². The summed E-state index contributed by atoms with van der Waals surface area (Å²) in [7, 11) is 3.53. The normalized spacial score (nSPS) is 11.6. The summed E-state index contributed by atoms with van der Waals surface area (Å²) in [6.45, 7) is 7.82. The maximum atomic E-state index is 12.7. The van der Waals surface area contributed by atoms with Crippen molar-refractivity contribution in [2.24, 2.45) is 0 Å². The Morgan fingerprint density at radius 1 is 1.19 bits per heavy atom. The first-order chi connectivity index (χ1) is 14.8. The number of carbonyl (C=O) groups excluding carboxylic acids is 1. The molecule has 0 aliphatic rings. The highest BCUT2D eigenvalue weighted by Gasteiger charge is 2.20. The lowest BCUT2D eigenvalue weighted by atomic mass is 10.0. The zero-order valence-electron chi connectivity index (χ0n) is 18.7. The molecular formula is C23H29N3O4S. The summed E-state index contributed by atoms with van der Waals surface area (Å²) in [6, 6.07) is 8.58. The van der Waals surface area contributed by atoms with E-state index in [1.165, 1.54) is 22.5 Å². The first-order valence-corrected chi connectivity index (χ1v) is 11.1. The van der Waals surface area contributed by atoms with Crippen molar-refractivity contribution in [1.29, 1.82) is 0 Å². The Morgan fingerprint density at radius 2 is 1.90 bits per heavy atom. The van der Waals surface area contributed by atoms with Crippen LogP contribution in [0.3, 0.4) is 0 Å². The number of hydrogen-bond donors (Lipinski definition) is 1. The summed E-state index contributed by atoms with van der Waals surface area (Å²) in [4.78, 5) is 35.5. The number of aryl methyl sites for hydroxylation is 1. The molecule has 0 radical (unpaired) electrons. The fraction of sp³-hybridized carbons (Fsp3) is 0.435. The molecule has 31 heavy (non-hydrogen) atoms. The minimum atomic E-state index is -0.458. The van der Waals surface area contributed by atoms with Crippen molar-refractivity contribution in [1.82, 2.24) is 14.9 Å². The average molecular weight is 444 g/mol. The number of hydrogen-bond acceptors (Lipinski definition) is 7. The lowest BCUT2D eigenvalue weighted by Crippen LogP contribution is -2.21. The molecule has 8 heteroatoms. The van der Waals surface area contributed by atoms with Crippen molar-refractivity contribution in [3.63, 3.8) is 0 Å². The zero-order valence-corrected chi connectivity index (χ0v) is 19.5. The number of methoxy groups -OCH3 is 1. The second-order valence-corrected chi connectivity index (χ2v) is 8.95. The van der Waals surface area contributed by atoms with E-state index in [2.05, 4.69) is 53.0 Å². The van der Waals surface area contributed by atoms with E-state index < -0.39 is 5.97 Å². The van der Waals surface area contributed by atoms with Gasteiger partial charge in [0.1, 0.15) is 22.1 Å². The van der Waals surface area contributed by atoms with Gasteiger partial charge < -0.3 is 14.5 Å². The molecule has 2 aromatic heterocycles. The molecule has 2 heterocycles. The van der Waals surface area contributed by atoms with E-state index in [1.807, 2.05) is 7.05 Å². The quantitative estimate of drug-likeness (QED) is 0.399. The Bertz CT molecular complexity index is 1100. The van der Waals surface area contributed by atoms with Gasteiger partial charge in [0.2, 0.25) is 0 Å². The van der Waals surface area contributed by atoms with Gasteiger partial charge in [0.25, 0.3) is 5.56 Å². The molecule has 0 spiro atoms. The highest BCUT2D eigenvalue weighted by molar-refractivity contribution is 7.20. The lowest BCUT2D eigenvalue weighted by molar-refractivity contribution is 0.0393. The van der Waals surface area contributed by atoms with E-state index >= 15 is 0 Å². The molecule has 1 N–H and O–H groups in total. The summed E-state index contributed by atoms with van der Waals surface area (Å²) in [6.07, 6.45) is 0. The lowest BCUT2D eigenvalue weighted by Gasteiger charge is -2.16. The molecular weight excluding hydrogens is 414 g/mol. The molecule has 0 unspecified atom stereocenters. The molecule has 0 saturated heterocycles. The van der Waals surface area contributed by atoms with Crippen LogP contribution in [0, 0.1) is 6.92 Å². The van der Waals surface area contributed by atoms with E-state index in [0.29, 0.717) is 45.6 Å². The van der Waals surface area contributed by atoms with Crippen LogP contribution in [-0.4, -0.2) is 48.2 Å². The van der Waals surface area contributed by atoms with Crippen LogP contribution < -0.4 is 5.56 Å². The zero-order chi connectivity index (χ0) is 22.5. The first kappa shape index (κ1) is 23.1. The summed E-state index contributed by atoms with van der Waals surface area (Å²) in [5.41, 5.74) is 2.87. The van der Waals surface area contributed by atoms with Crippen LogP contribution in [0.1, 0.15) is 52.0 Å². The predicted molar refractivity (Wildman–Crippen MR) is 123 cm³/mol. The second kappa shape index (κ2) is 10.2. The highest BCUT2D eigenvalue weighted by Crippen LogP contribution is 2.27. The summed E-state index contributed by atoms with van der Waals surface area (Å²) in [5.74, 6) is 0.615. The number of nitrogens with zero attached hydrogens (tertiary/aromatic N) is 2. The molecule has 1 aromatic carbocycles. The molecule has 166 valence electrons. The van der Waals surface area contributed by atoms with Crippen LogP contribution in [0.25, 0.3) is 10.2 Å². The Kier molecular flexibility index (Phi) is 7.59. The Hall–Kier alpha value is -2.55. The average Bonchev–Trinajstić information content (AvgIpc) is 3.05. The number of nitrogens with one attached hydrogen (secondary N) is 1. The number of H-pyrrole nitrogens is 1. The van der Waals surface area contributed by atoms with E-state index in [1.54, 1.807) is 14.0 Å². The van der Waals surface area contributed by atoms with E-state index in [-0.39, 0.29) is 12.2 Å². The SMILES string of the molecule is COCCOC(=O)c1sc2nc(CN(C)Cc3ccc(C(C)C)cc3)[nH]c(=O)c2c1C. The van der Waals surface area contributed by atoms with Crippen LogP contribution in [-0.2, 0) is 22.6 Å². The smallest absolute Gasteiger partial charge is 0.348 e. The van der Waals surface area contributed by atoms with Gasteiger partial charge >= 0.3 is 5.97 Å². The van der Waals surface area contributed by atoms with Gasteiger partial charge in [0, 0.05) is 13.7 Å². The van der Waals surface area contributed by atoms with Crippen molar-refractivity contribution in [2.75, 3.05) is 27.4 Å². The van der Waals surface area contributed by atoms with Crippen molar-refractivity contribution in [3.05, 3.63) is 62.0 Å². The molecule has 3 rings (SSSR count). The number of fused-ring (bicyclic) bond motifs is 1. The minimum absolute atomic E-state index is 0.168. The van der Waals surface area contributed by atoms with Gasteiger partial charge in [0.05, 0.1) is 18.5 Å². The first-order valence-electron chi connectivity index (χ1n) is 10.3. The van der Waals surface area contributed by atoms with Gasteiger partial charge in [-0.05, 0) is 36.6 Å². The molecule has 0 bridgehead atoms. The van der Waals surface area contributed by atoms with Crippen molar-refractivity contribution >= 4 is 27.5 Å². The summed E-state index contributed by atoms with van der Waals surface area (Å²) < 4.78 is 10.1. The van der Waals surface area contributed by atoms with Crippen LogP contribution >= 0.6 is 11.3 Å². The fourth-order valence-corrected chi connectivity index (χ4v) is 4.47. The van der Waals surface area contributed by atoms with Crippen LogP contribution in [0.15, 0.2) is 29.1 Å². The van der Waals surface area contributed by atoms with Gasteiger partial charge in [-0.25, -0.2) is 9.78 Å². The van der Waals surface area contributed by atoms with E-state index in [9.17, 15) is 9.59 Å². The monoisotopic (exact) mass is 443 g/mol. The molecule has 0 aliphatic carbocycles. The standard InChI is InChI=1S/C23H29N3O4S/c1-14(2)17-8-6-16(7-9-17)12-26(4)13-18-24-21(27)19-15(3)20(31-22(19)25-18)23(28)30-11-10-29-5/h6-9,14H,10-13H2,1-5H3,(H,24,25,27). The third-order valence-electron chi connectivity index (χ3n) is 5.07. The van der Waals surface area contributed by atoms with Gasteiger partial charge in [-0.1, -0.05) is 38.1 Å². The number of rotatable bonds is 9. The predicted octanol–water partition coefficient (Wildman–Crippen LogP) is 3.85. The molecule has 3 aromatic rings. The third-order valence-corrected chi connectivity index (χ3v) is 6.24. The number of aromatic amines is 1. The number of aromatic nitrogens is 2. The number of benzene rings is 1. The topological polar surface area (TPSA) is 84.5 Å². The molecule has 0 fully saturated rings. The van der Waals surface area contributed by atoms with Gasteiger partial charge in [-0.2, -0.15) is 0 Å². The molecule has 0 saturated carbocycles. The van der Waals surface area contributed by atoms with E-state index in [4.69, 9.17) is 9.47 Å². The molecule has 0 aliphatic heterocycles. The third kappa shape index (κ3) is 5.58. The summed E-state index contributed by atoms with van der Waals surface area (Å²) in [5, 5.41) is 0.444. The largest absolute Gasteiger partial charge is 0.459 e. The van der Waals surface area contributed by atoms with Crippen LogP contribution in [0.2, 0.25) is 0 Å². The van der Waals surface area contributed by atoms with Gasteiger partial charge in [-0.15, -0.1) is 11.3 Å².